The second-order valence-corrected chi connectivity index (χ2v) is 19.5. The third-order valence-electron chi connectivity index (χ3n) is 14.8. The van der Waals surface area contributed by atoms with Crippen molar-refractivity contribution in [1.82, 2.24) is 9.97 Å². The van der Waals surface area contributed by atoms with Gasteiger partial charge in [0.05, 0.1) is 0 Å². The van der Waals surface area contributed by atoms with Crippen molar-refractivity contribution in [2.45, 2.75) is 57.8 Å². The molecular formula is C61H48N2. The summed E-state index contributed by atoms with van der Waals surface area (Å²) in [5.74, 6) is 0.762. The summed E-state index contributed by atoms with van der Waals surface area (Å²) < 4.78 is 0. The van der Waals surface area contributed by atoms with Gasteiger partial charge in [0.2, 0.25) is 0 Å². The Hall–Kier alpha value is -7.16. The summed E-state index contributed by atoms with van der Waals surface area (Å²) in [6.45, 7) is 14.2. The molecule has 0 spiro atoms. The molecule has 0 radical (unpaired) electrons. The van der Waals surface area contributed by atoms with E-state index in [0.717, 1.165) is 11.4 Å². The Morgan fingerprint density at radius 2 is 0.587 bits per heavy atom. The van der Waals surface area contributed by atoms with Gasteiger partial charge in [0, 0.05) is 34.2 Å². The van der Waals surface area contributed by atoms with Crippen molar-refractivity contribution in [3.05, 3.63) is 216 Å². The summed E-state index contributed by atoms with van der Waals surface area (Å²) in [5, 5.41) is 0. The van der Waals surface area contributed by atoms with Crippen LogP contribution in [0.3, 0.4) is 0 Å². The van der Waals surface area contributed by atoms with Gasteiger partial charge >= 0.3 is 0 Å². The van der Waals surface area contributed by atoms with Crippen LogP contribution < -0.4 is 0 Å². The Morgan fingerprint density at radius 3 is 1.05 bits per heavy atom. The first-order chi connectivity index (χ1) is 30.5. The van der Waals surface area contributed by atoms with Crippen molar-refractivity contribution >= 4 is 0 Å². The average Bonchev–Trinajstić information content (AvgIpc) is 3.80. The predicted molar refractivity (Wildman–Crippen MR) is 262 cm³/mol. The van der Waals surface area contributed by atoms with Crippen LogP contribution in [0.2, 0.25) is 0 Å². The molecule has 2 nitrogen and oxygen atoms in total. The SMILES string of the molecule is CC1(C)c2ccccc2-c2ccc(-c3cc(-c4ccccc4)cc(-c4ccc5c(c4)C(C)(C)c4cc(-c6ccc7c(c6)C(C)(C)c6cc(-c8ncccn8)ccc6-7)ccc4-5)c3)cc21. The standard InChI is InChI=1S/C61H48N2/c1-59(2)52-16-11-10-15-46(52)47-24-19-40(34-53(47)59)44-29-43(37-13-8-7-9-14-37)30-45(31-44)41-20-25-50-48-22-17-38(32-54(48)60(3,4)56(50)35-41)39-18-23-49-51-26-21-42(58-62-27-12-28-63-58)36-57(51)61(5,6)55(49)33-39/h7-36H,1-6H3. The zero-order valence-electron chi connectivity index (χ0n) is 36.7. The first kappa shape index (κ1) is 37.6. The number of nitrogens with zero attached hydrogens (tertiary/aromatic N) is 2. The van der Waals surface area contributed by atoms with Gasteiger partial charge in [-0.15, -0.1) is 0 Å². The predicted octanol–water partition coefficient (Wildman–Crippen LogP) is 15.7. The van der Waals surface area contributed by atoms with Crippen LogP contribution in [-0.2, 0) is 16.2 Å². The highest BCUT2D eigenvalue weighted by Gasteiger charge is 2.39. The lowest BCUT2D eigenvalue weighted by Crippen LogP contribution is -2.15. The van der Waals surface area contributed by atoms with Crippen molar-refractivity contribution in [3.8, 4) is 89.3 Å². The van der Waals surface area contributed by atoms with E-state index in [4.69, 9.17) is 0 Å². The zero-order valence-corrected chi connectivity index (χ0v) is 36.7. The van der Waals surface area contributed by atoms with E-state index in [-0.39, 0.29) is 16.2 Å². The second-order valence-electron chi connectivity index (χ2n) is 19.5. The largest absolute Gasteiger partial charge is 0.237 e. The molecule has 0 unspecified atom stereocenters. The lowest BCUT2D eigenvalue weighted by atomic mass is 9.79. The van der Waals surface area contributed by atoms with Gasteiger partial charge < -0.3 is 0 Å². The lowest BCUT2D eigenvalue weighted by Gasteiger charge is -2.24. The van der Waals surface area contributed by atoms with Crippen LogP contribution >= 0.6 is 0 Å². The van der Waals surface area contributed by atoms with Crippen molar-refractivity contribution in [3.63, 3.8) is 0 Å². The molecule has 9 aromatic rings. The Kier molecular flexibility index (Phi) is 8.01. The maximum atomic E-state index is 4.54. The molecular weight excluding hydrogens is 761 g/mol. The molecule has 0 N–H and O–H groups in total. The fourth-order valence-electron chi connectivity index (χ4n) is 11.2. The molecule has 0 saturated heterocycles. The highest BCUT2D eigenvalue weighted by atomic mass is 14.8. The van der Waals surface area contributed by atoms with E-state index in [2.05, 4.69) is 215 Å². The van der Waals surface area contributed by atoms with Gasteiger partial charge in [-0.1, -0.05) is 157 Å². The molecule has 1 aromatic heterocycles. The van der Waals surface area contributed by atoms with Crippen molar-refractivity contribution in [2.75, 3.05) is 0 Å². The fraction of sp³-hybridized carbons (Fsp3) is 0.148. The normalized spacial score (nSPS) is 15.2. The number of benzene rings is 8. The summed E-state index contributed by atoms with van der Waals surface area (Å²) >= 11 is 0. The van der Waals surface area contributed by atoms with Crippen LogP contribution in [0, 0.1) is 0 Å². The summed E-state index contributed by atoms with van der Waals surface area (Å²) in [6.07, 6.45) is 3.63. The Morgan fingerprint density at radius 1 is 0.254 bits per heavy atom. The van der Waals surface area contributed by atoms with Crippen LogP contribution in [0.5, 0.6) is 0 Å². The molecule has 63 heavy (non-hydrogen) atoms. The topological polar surface area (TPSA) is 25.8 Å². The number of hydrogen-bond donors (Lipinski definition) is 0. The molecule has 0 saturated carbocycles. The Bertz CT molecular complexity index is 3350. The van der Waals surface area contributed by atoms with Crippen LogP contribution in [0.15, 0.2) is 182 Å². The summed E-state index contributed by atoms with van der Waals surface area (Å²) in [6, 6.07) is 64.0. The third-order valence-corrected chi connectivity index (χ3v) is 14.8. The van der Waals surface area contributed by atoms with Crippen LogP contribution in [0.4, 0.5) is 0 Å². The number of aromatic nitrogens is 2. The Balaban J connectivity index is 0.907. The minimum atomic E-state index is -0.181. The van der Waals surface area contributed by atoms with Gasteiger partial charge in [-0.3, -0.25) is 0 Å². The van der Waals surface area contributed by atoms with Crippen molar-refractivity contribution in [1.29, 1.82) is 0 Å². The van der Waals surface area contributed by atoms with Gasteiger partial charge in [0.1, 0.15) is 0 Å². The number of hydrogen-bond acceptors (Lipinski definition) is 2. The van der Waals surface area contributed by atoms with Gasteiger partial charge in [0.15, 0.2) is 5.82 Å². The van der Waals surface area contributed by atoms with Crippen LogP contribution in [-0.4, -0.2) is 9.97 Å². The second kappa shape index (κ2) is 13.4. The number of rotatable bonds is 5. The molecule has 302 valence electrons. The maximum absolute atomic E-state index is 4.54. The van der Waals surface area contributed by atoms with Gasteiger partial charge in [-0.2, -0.15) is 0 Å². The molecule has 0 amide bonds. The molecule has 0 bridgehead atoms. The fourth-order valence-corrected chi connectivity index (χ4v) is 11.2. The van der Waals surface area contributed by atoms with Gasteiger partial charge in [-0.05, 0) is 166 Å². The molecule has 2 heteroatoms. The van der Waals surface area contributed by atoms with E-state index >= 15 is 0 Å². The Labute approximate surface area is 371 Å². The third kappa shape index (κ3) is 5.64. The molecule has 3 aliphatic carbocycles. The van der Waals surface area contributed by atoms with E-state index in [9.17, 15) is 0 Å². The van der Waals surface area contributed by atoms with Crippen LogP contribution in [0.25, 0.3) is 89.3 Å². The molecule has 1 heterocycles. The van der Waals surface area contributed by atoms with E-state index in [1.807, 2.05) is 18.5 Å². The van der Waals surface area contributed by atoms with E-state index in [1.165, 1.54) is 111 Å². The molecule has 0 fully saturated rings. The molecule has 12 rings (SSSR count). The zero-order chi connectivity index (χ0) is 42.8. The number of fused-ring (bicyclic) bond motifs is 9. The molecule has 0 atom stereocenters. The molecule has 8 aromatic carbocycles. The highest BCUT2D eigenvalue weighted by Crippen LogP contribution is 2.54. The minimum Gasteiger partial charge on any atom is -0.237 e. The van der Waals surface area contributed by atoms with Crippen molar-refractivity contribution < 1.29 is 0 Å². The quantitative estimate of drug-likeness (QED) is 0.173. The molecule has 0 aliphatic heterocycles. The minimum absolute atomic E-state index is 0.0609. The monoisotopic (exact) mass is 808 g/mol. The van der Waals surface area contributed by atoms with Crippen LogP contribution in [0.1, 0.15) is 74.9 Å². The lowest BCUT2D eigenvalue weighted by molar-refractivity contribution is 0.659. The highest BCUT2D eigenvalue weighted by molar-refractivity contribution is 5.90. The van der Waals surface area contributed by atoms with Gasteiger partial charge in [0.25, 0.3) is 0 Å². The first-order valence-electron chi connectivity index (χ1n) is 22.3. The first-order valence-corrected chi connectivity index (χ1v) is 22.3. The summed E-state index contributed by atoms with van der Waals surface area (Å²) in [5.41, 5.74) is 26.8. The maximum Gasteiger partial charge on any atom is 0.159 e. The summed E-state index contributed by atoms with van der Waals surface area (Å²) in [4.78, 5) is 9.08. The summed E-state index contributed by atoms with van der Waals surface area (Å²) in [7, 11) is 0. The van der Waals surface area contributed by atoms with Crippen molar-refractivity contribution in [2.24, 2.45) is 0 Å². The van der Waals surface area contributed by atoms with E-state index in [0.29, 0.717) is 0 Å². The smallest absolute Gasteiger partial charge is 0.159 e. The van der Waals surface area contributed by atoms with E-state index in [1.54, 1.807) is 0 Å². The van der Waals surface area contributed by atoms with Gasteiger partial charge in [-0.25, -0.2) is 9.97 Å². The van der Waals surface area contributed by atoms with E-state index < -0.39 is 0 Å². The average molecular weight is 809 g/mol. The molecule has 3 aliphatic rings.